The van der Waals surface area contributed by atoms with Crippen molar-refractivity contribution >= 4 is 21.7 Å². The minimum atomic E-state index is -3.31. The molecule has 7 heteroatoms. The number of carbonyl (C=O) groups is 2. The summed E-state index contributed by atoms with van der Waals surface area (Å²) in [7, 11) is -3.31. The summed E-state index contributed by atoms with van der Waals surface area (Å²) in [6.07, 6.45) is 0.873. The van der Waals surface area contributed by atoms with Crippen molar-refractivity contribution in [3.8, 4) is 0 Å². The predicted molar refractivity (Wildman–Crippen MR) is 73.3 cm³/mol. The molecule has 1 amide bonds. The van der Waals surface area contributed by atoms with Crippen LogP contribution in [0, 0.1) is 0 Å². The van der Waals surface area contributed by atoms with Crippen LogP contribution in [-0.2, 0) is 14.6 Å². The van der Waals surface area contributed by atoms with Crippen molar-refractivity contribution in [2.75, 3.05) is 6.26 Å². The fourth-order valence-corrected chi connectivity index (χ4v) is 2.29. The maximum absolute atomic E-state index is 11.9. The molecular weight excluding hydrogens is 282 g/mol. The fraction of sp³-hybridized carbons (Fsp3) is 0.385. The first-order valence-corrected chi connectivity index (χ1v) is 7.75. The molecule has 0 aliphatic carbocycles. The second kappa shape index (κ2) is 5.62. The largest absolute Gasteiger partial charge is 0.481 e. The average molecular weight is 299 g/mol. The summed E-state index contributed by atoms with van der Waals surface area (Å²) >= 11 is 0. The Morgan fingerprint density at radius 3 is 2.10 bits per heavy atom. The van der Waals surface area contributed by atoms with Crippen molar-refractivity contribution in [1.82, 2.24) is 5.32 Å². The number of benzene rings is 1. The Labute approximate surface area is 117 Å². The van der Waals surface area contributed by atoms with Crippen molar-refractivity contribution in [2.24, 2.45) is 0 Å². The molecule has 0 bridgehead atoms. The van der Waals surface area contributed by atoms with Crippen LogP contribution in [0.25, 0.3) is 0 Å². The van der Waals surface area contributed by atoms with Crippen LogP contribution in [0.5, 0.6) is 0 Å². The number of carboxylic acid groups (broad SMARTS) is 1. The van der Waals surface area contributed by atoms with E-state index in [1.54, 1.807) is 13.8 Å². The lowest BCUT2D eigenvalue weighted by Crippen LogP contribution is -2.44. The van der Waals surface area contributed by atoms with Gasteiger partial charge >= 0.3 is 5.97 Å². The highest BCUT2D eigenvalue weighted by Gasteiger charge is 2.24. The minimum Gasteiger partial charge on any atom is -0.481 e. The van der Waals surface area contributed by atoms with Gasteiger partial charge in [-0.25, -0.2) is 8.42 Å². The predicted octanol–water partition coefficient (Wildman–Crippen LogP) is 1.07. The highest BCUT2D eigenvalue weighted by Crippen LogP contribution is 2.13. The van der Waals surface area contributed by atoms with Crippen molar-refractivity contribution in [3.63, 3.8) is 0 Å². The van der Waals surface area contributed by atoms with E-state index in [2.05, 4.69) is 5.32 Å². The van der Waals surface area contributed by atoms with Crippen molar-refractivity contribution in [2.45, 2.75) is 30.7 Å². The second-order valence-electron chi connectivity index (χ2n) is 5.21. The summed E-state index contributed by atoms with van der Waals surface area (Å²) in [5, 5.41) is 11.3. The average Bonchev–Trinajstić information content (AvgIpc) is 2.25. The standard InChI is InChI=1S/C13H17NO5S/c1-13(2,8-11(15)16)14-12(17)9-4-6-10(7-5-9)20(3,18)19/h4-7H,8H2,1-3H3,(H,14,17)(H,15,16). The number of carboxylic acids is 1. The van der Waals surface area contributed by atoms with Crippen molar-refractivity contribution < 1.29 is 23.1 Å². The maximum Gasteiger partial charge on any atom is 0.305 e. The van der Waals surface area contributed by atoms with Crippen molar-refractivity contribution in [1.29, 1.82) is 0 Å². The van der Waals surface area contributed by atoms with E-state index in [0.29, 0.717) is 0 Å². The summed E-state index contributed by atoms with van der Waals surface area (Å²) in [6, 6.07) is 5.47. The molecule has 0 saturated heterocycles. The lowest BCUT2D eigenvalue weighted by Gasteiger charge is -2.24. The molecule has 0 aromatic heterocycles. The Morgan fingerprint density at radius 2 is 1.70 bits per heavy atom. The van der Waals surface area contributed by atoms with Crippen LogP contribution in [0.1, 0.15) is 30.6 Å². The molecule has 6 nitrogen and oxygen atoms in total. The molecule has 0 radical (unpaired) electrons. The molecule has 0 atom stereocenters. The number of aliphatic carboxylic acids is 1. The van der Waals surface area contributed by atoms with E-state index in [4.69, 9.17) is 5.11 Å². The molecule has 0 heterocycles. The van der Waals surface area contributed by atoms with E-state index in [1.165, 1.54) is 24.3 Å². The van der Waals surface area contributed by atoms with Gasteiger partial charge in [-0.2, -0.15) is 0 Å². The van der Waals surface area contributed by atoms with Gasteiger partial charge in [0.1, 0.15) is 0 Å². The SMILES string of the molecule is CC(C)(CC(=O)O)NC(=O)c1ccc(S(C)(=O)=O)cc1. The molecule has 20 heavy (non-hydrogen) atoms. The number of sulfone groups is 1. The summed E-state index contributed by atoms with van der Waals surface area (Å²) < 4.78 is 22.6. The zero-order valence-electron chi connectivity index (χ0n) is 11.5. The van der Waals surface area contributed by atoms with Crippen LogP contribution >= 0.6 is 0 Å². The smallest absolute Gasteiger partial charge is 0.305 e. The van der Waals surface area contributed by atoms with Gasteiger partial charge in [0, 0.05) is 17.4 Å². The van der Waals surface area contributed by atoms with Crippen LogP contribution in [0.15, 0.2) is 29.2 Å². The van der Waals surface area contributed by atoms with Crippen molar-refractivity contribution in [3.05, 3.63) is 29.8 Å². The molecule has 2 N–H and O–H groups in total. The van der Waals surface area contributed by atoms with Crippen LogP contribution in [0.4, 0.5) is 0 Å². The van der Waals surface area contributed by atoms with Crippen LogP contribution in [0.3, 0.4) is 0 Å². The third-order valence-electron chi connectivity index (χ3n) is 2.59. The molecule has 1 aromatic carbocycles. The monoisotopic (exact) mass is 299 g/mol. The van der Waals surface area contributed by atoms with E-state index in [0.717, 1.165) is 6.26 Å². The molecule has 1 rings (SSSR count). The summed E-state index contributed by atoms with van der Waals surface area (Å²) in [5.41, 5.74) is -0.617. The van der Waals surface area contributed by atoms with Crippen LogP contribution in [0.2, 0.25) is 0 Å². The van der Waals surface area contributed by atoms with Gasteiger partial charge in [0.2, 0.25) is 0 Å². The second-order valence-corrected chi connectivity index (χ2v) is 7.22. The number of hydrogen-bond acceptors (Lipinski definition) is 4. The third kappa shape index (κ3) is 4.65. The Morgan fingerprint density at radius 1 is 1.20 bits per heavy atom. The van der Waals surface area contributed by atoms with Gasteiger partial charge in [0.05, 0.1) is 11.3 Å². The first-order chi connectivity index (χ1) is 9.01. The molecular formula is C13H17NO5S. The Hall–Kier alpha value is -1.89. The van der Waals surface area contributed by atoms with E-state index >= 15 is 0 Å². The Kier molecular flexibility index (Phi) is 4.54. The number of rotatable bonds is 5. The minimum absolute atomic E-state index is 0.124. The lowest BCUT2D eigenvalue weighted by molar-refractivity contribution is -0.138. The zero-order valence-corrected chi connectivity index (χ0v) is 12.3. The molecule has 0 unspecified atom stereocenters. The van der Waals surface area contributed by atoms with E-state index in [1.807, 2.05) is 0 Å². The van der Waals surface area contributed by atoms with E-state index < -0.39 is 27.3 Å². The molecule has 0 saturated carbocycles. The molecule has 0 aliphatic heterocycles. The maximum atomic E-state index is 11.9. The molecule has 1 aromatic rings. The number of carbonyl (C=O) groups excluding carboxylic acids is 1. The van der Waals surface area contributed by atoms with Gasteiger partial charge < -0.3 is 10.4 Å². The molecule has 110 valence electrons. The normalized spacial score (nSPS) is 11.9. The van der Waals surface area contributed by atoms with Crippen LogP contribution < -0.4 is 5.32 Å². The van der Waals surface area contributed by atoms with E-state index in [-0.39, 0.29) is 16.9 Å². The summed E-state index contributed by atoms with van der Waals surface area (Å²) in [4.78, 5) is 22.7. The van der Waals surface area contributed by atoms with Crippen LogP contribution in [-0.4, -0.2) is 37.2 Å². The number of nitrogens with one attached hydrogen (secondary N) is 1. The summed E-state index contributed by atoms with van der Waals surface area (Å²) in [6.45, 7) is 3.20. The fourth-order valence-electron chi connectivity index (χ4n) is 1.66. The van der Waals surface area contributed by atoms with Gasteiger partial charge in [-0.05, 0) is 38.1 Å². The van der Waals surface area contributed by atoms with Gasteiger partial charge in [0.15, 0.2) is 9.84 Å². The topological polar surface area (TPSA) is 101 Å². The third-order valence-corrected chi connectivity index (χ3v) is 3.72. The first kappa shape index (κ1) is 16.2. The zero-order chi connectivity index (χ0) is 15.6. The van der Waals surface area contributed by atoms with Gasteiger partial charge in [-0.3, -0.25) is 9.59 Å². The number of amides is 1. The first-order valence-electron chi connectivity index (χ1n) is 5.86. The van der Waals surface area contributed by atoms with Gasteiger partial charge in [0.25, 0.3) is 5.91 Å². The van der Waals surface area contributed by atoms with Gasteiger partial charge in [-0.1, -0.05) is 0 Å². The molecule has 0 aliphatic rings. The Balaban J connectivity index is 2.86. The molecule has 0 spiro atoms. The van der Waals surface area contributed by atoms with E-state index in [9.17, 15) is 18.0 Å². The van der Waals surface area contributed by atoms with Gasteiger partial charge in [-0.15, -0.1) is 0 Å². The number of hydrogen-bond donors (Lipinski definition) is 2. The summed E-state index contributed by atoms with van der Waals surface area (Å²) in [5.74, 6) is -1.46. The lowest BCUT2D eigenvalue weighted by atomic mass is 10.00. The quantitative estimate of drug-likeness (QED) is 0.847. The highest BCUT2D eigenvalue weighted by atomic mass is 32.2. The Bertz CT molecular complexity index is 617. The highest BCUT2D eigenvalue weighted by molar-refractivity contribution is 7.90. The molecule has 0 fully saturated rings.